The molecule has 1 fully saturated rings. The Hall–Kier alpha value is -2.24. The van der Waals surface area contributed by atoms with E-state index < -0.39 is 11.9 Å². The summed E-state index contributed by atoms with van der Waals surface area (Å²) < 4.78 is 9.65. The topological polar surface area (TPSA) is 59.1 Å². The van der Waals surface area contributed by atoms with E-state index in [1.165, 1.54) is 12.0 Å². The number of carbonyl (C=O) groups is 2. The fourth-order valence-electron chi connectivity index (χ4n) is 2.19. The number of hydrogen-bond acceptors (Lipinski definition) is 5. The van der Waals surface area contributed by atoms with Crippen LogP contribution >= 0.6 is 0 Å². The number of amides is 1. The number of hydrogen-bond donors (Lipinski definition) is 0. The van der Waals surface area contributed by atoms with Gasteiger partial charge in [0.1, 0.15) is 5.75 Å². The molecule has 0 radical (unpaired) electrons. The monoisotopic (exact) mass is 278 g/mol. The molecule has 1 aliphatic rings. The lowest BCUT2D eigenvalue weighted by Gasteiger charge is -2.35. The van der Waals surface area contributed by atoms with Gasteiger partial charge in [0.25, 0.3) is 0 Å². The lowest BCUT2D eigenvalue weighted by molar-refractivity contribution is -0.158. The van der Waals surface area contributed by atoms with Crippen LogP contribution in [0.3, 0.4) is 0 Å². The number of ether oxygens (including phenoxy) is 2. The van der Waals surface area contributed by atoms with E-state index in [1.807, 2.05) is 24.3 Å². The van der Waals surface area contributed by atoms with Crippen LogP contribution in [-0.2, 0) is 14.3 Å². The van der Waals surface area contributed by atoms with Gasteiger partial charge in [-0.05, 0) is 12.1 Å². The van der Waals surface area contributed by atoms with Crippen LogP contribution in [0.1, 0.15) is 0 Å². The summed E-state index contributed by atoms with van der Waals surface area (Å²) in [5.74, 6) is -0.576. The minimum atomic E-state index is -0.806. The predicted octanol–water partition coefficient (Wildman–Crippen LogP) is 0.517. The normalized spacial score (nSPS) is 14.9. The average molecular weight is 278 g/mol. The van der Waals surface area contributed by atoms with Crippen LogP contribution in [0.5, 0.6) is 5.75 Å². The van der Waals surface area contributed by atoms with E-state index in [2.05, 4.69) is 9.64 Å². The zero-order chi connectivity index (χ0) is 14.5. The van der Waals surface area contributed by atoms with Gasteiger partial charge in [0, 0.05) is 37.9 Å². The number of methoxy groups -OCH3 is 2. The SMILES string of the molecule is COC(=O)C(=O)N1CCN(c2cccc(OC)c2)CC1. The van der Waals surface area contributed by atoms with Crippen molar-refractivity contribution in [2.45, 2.75) is 0 Å². The Morgan fingerprint density at radius 3 is 2.40 bits per heavy atom. The minimum Gasteiger partial charge on any atom is -0.497 e. The number of anilines is 1. The lowest BCUT2D eigenvalue weighted by Crippen LogP contribution is -2.50. The molecule has 6 nitrogen and oxygen atoms in total. The first-order valence-electron chi connectivity index (χ1n) is 6.42. The van der Waals surface area contributed by atoms with Gasteiger partial charge in [-0.1, -0.05) is 6.07 Å². The Balaban J connectivity index is 1.97. The van der Waals surface area contributed by atoms with Crippen molar-refractivity contribution in [1.29, 1.82) is 0 Å². The van der Waals surface area contributed by atoms with E-state index in [4.69, 9.17) is 4.74 Å². The quantitative estimate of drug-likeness (QED) is 0.583. The highest BCUT2D eigenvalue weighted by Gasteiger charge is 2.26. The van der Waals surface area contributed by atoms with Crippen LogP contribution in [-0.4, -0.2) is 57.2 Å². The second-order valence-corrected chi connectivity index (χ2v) is 4.47. The van der Waals surface area contributed by atoms with Crippen molar-refractivity contribution >= 4 is 17.6 Å². The van der Waals surface area contributed by atoms with Crippen molar-refractivity contribution in [3.8, 4) is 5.75 Å². The van der Waals surface area contributed by atoms with Crippen LogP contribution < -0.4 is 9.64 Å². The summed E-state index contributed by atoms with van der Waals surface area (Å²) in [5.41, 5.74) is 1.05. The molecule has 1 heterocycles. The van der Waals surface area contributed by atoms with Crippen molar-refractivity contribution in [2.75, 3.05) is 45.3 Å². The number of nitrogens with zero attached hydrogens (tertiary/aromatic N) is 2. The van der Waals surface area contributed by atoms with Crippen LogP contribution in [0.15, 0.2) is 24.3 Å². The first-order chi connectivity index (χ1) is 9.65. The lowest BCUT2D eigenvalue weighted by atomic mass is 10.2. The van der Waals surface area contributed by atoms with Crippen LogP contribution in [0.4, 0.5) is 5.69 Å². The highest BCUT2D eigenvalue weighted by molar-refractivity contribution is 6.32. The molecule has 0 spiro atoms. The Morgan fingerprint density at radius 2 is 1.80 bits per heavy atom. The van der Waals surface area contributed by atoms with Crippen molar-refractivity contribution in [2.24, 2.45) is 0 Å². The molecule has 20 heavy (non-hydrogen) atoms. The minimum absolute atomic E-state index is 0.505. The maximum atomic E-state index is 11.7. The molecule has 1 amide bonds. The Labute approximate surface area is 117 Å². The average Bonchev–Trinajstić information content (AvgIpc) is 2.53. The Kier molecular flexibility index (Phi) is 4.45. The molecular formula is C14H18N2O4. The fraction of sp³-hybridized carbons (Fsp3) is 0.429. The van der Waals surface area contributed by atoms with Gasteiger partial charge in [0.15, 0.2) is 0 Å². The molecule has 1 saturated heterocycles. The maximum Gasteiger partial charge on any atom is 0.396 e. The summed E-state index contributed by atoms with van der Waals surface area (Å²) in [4.78, 5) is 26.6. The van der Waals surface area contributed by atoms with Crippen LogP contribution in [0, 0.1) is 0 Å². The molecule has 108 valence electrons. The second-order valence-electron chi connectivity index (χ2n) is 4.47. The highest BCUT2D eigenvalue weighted by atomic mass is 16.5. The fourth-order valence-corrected chi connectivity index (χ4v) is 2.19. The predicted molar refractivity (Wildman–Crippen MR) is 73.8 cm³/mol. The maximum absolute atomic E-state index is 11.7. The largest absolute Gasteiger partial charge is 0.497 e. The molecular weight excluding hydrogens is 260 g/mol. The smallest absolute Gasteiger partial charge is 0.396 e. The van der Waals surface area contributed by atoms with Gasteiger partial charge in [-0.25, -0.2) is 4.79 Å². The number of carbonyl (C=O) groups excluding carboxylic acids is 2. The summed E-state index contributed by atoms with van der Waals surface area (Å²) >= 11 is 0. The summed E-state index contributed by atoms with van der Waals surface area (Å²) in [6, 6.07) is 7.78. The van der Waals surface area contributed by atoms with Gasteiger partial charge in [0.2, 0.25) is 0 Å². The molecule has 6 heteroatoms. The molecule has 0 saturated carbocycles. The Morgan fingerprint density at radius 1 is 1.10 bits per heavy atom. The molecule has 0 unspecified atom stereocenters. The number of esters is 1. The Bertz CT molecular complexity index is 496. The van der Waals surface area contributed by atoms with Crippen LogP contribution in [0.25, 0.3) is 0 Å². The van der Waals surface area contributed by atoms with E-state index in [-0.39, 0.29) is 0 Å². The highest BCUT2D eigenvalue weighted by Crippen LogP contribution is 2.22. The molecule has 1 aromatic carbocycles. The van der Waals surface area contributed by atoms with Gasteiger partial charge in [-0.2, -0.15) is 0 Å². The van der Waals surface area contributed by atoms with E-state index in [0.717, 1.165) is 11.4 Å². The number of benzene rings is 1. The molecule has 2 rings (SSSR count). The third-order valence-electron chi connectivity index (χ3n) is 3.35. The molecule has 0 aliphatic carbocycles. The molecule has 0 aromatic heterocycles. The molecule has 0 atom stereocenters. The first kappa shape index (κ1) is 14.2. The van der Waals surface area contributed by atoms with Crippen molar-refractivity contribution in [1.82, 2.24) is 4.90 Å². The summed E-state index contributed by atoms with van der Waals surface area (Å²) in [6.07, 6.45) is 0. The van der Waals surface area contributed by atoms with E-state index in [9.17, 15) is 9.59 Å². The standard InChI is InChI=1S/C14H18N2O4/c1-19-12-5-3-4-11(10-12)15-6-8-16(9-7-15)13(17)14(18)20-2/h3-5,10H,6-9H2,1-2H3. The van der Waals surface area contributed by atoms with Gasteiger partial charge in [-0.3, -0.25) is 4.79 Å². The van der Waals surface area contributed by atoms with E-state index in [0.29, 0.717) is 26.2 Å². The summed E-state index contributed by atoms with van der Waals surface area (Å²) in [6.45, 7) is 2.36. The van der Waals surface area contributed by atoms with Gasteiger partial charge in [-0.15, -0.1) is 0 Å². The summed E-state index contributed by atoms with van der Waals surface area (Å²) in [7, 11) is 2.85. The van der Waals surface area contributed by atoms with Crippen molar-refractivity contribution in [3.05, 3.63) is 24.3 Å². The number of rotatable bonds is 2. The third-order valence-corrected chi connectivity index (χ3v) is 3.35. The van der Waals surface area contributed by atoms with Gasteiger partial charge < -0.3 is 19.3 Å². The van der Waals surface area contributed by atoms with Gasteiger partial charge >= 0.3 is 11.9 Å². The zero-order valence-electron chi connectivity index (χ0n) is 11.7. The van der Waals surface area contributed by atoms with E-state index in [1.54, 1.807) is 7.11 Å². The van der Waals surface area contributed by atoms with Crippen LogP contribution in [0.2, 0.25) is 0 Å². The van der Waals surface area contributed by atoms with Crippen molar-refractivity contribution in [3.63, 3.8) is 0 Å². The van der Waals surface area contributed by atoms with Gasteiger partial charge in [0.05, 0.1) is 14.2 Å². The van der Waals surface area contributed by atoms with E-state index >= 15 is 0 Å². The number of piperazine rings is 1. The molecule has 1 aliphatic heterocycles. The molecule has 0 bridgehead atoms. The summed E-state index contributed by atoms with van der Waals surface area (Å²) in [5, 5.41) is 0. The second kappa shape index (κ2) is 6.27. The van der Waals surface area contributed by atoms with Crippen molar-refractivity contribution < 1.29 is 19.1 Å². The molecule has 1 aromatic rings. The molecule has 0 N–H and O–H groups in total. The first-order valence-corrected chi connectivity index (χ1v) is 6.42. The zero-order valence-corrected chi connectivity index (χ0v) is 11.7. The third kappa shape index (κ3) is 3.01.